The molecule has 1 saturated heterocycles. The maximum atomic E-state index is 14.7. The molecule has 3 aromatic rings. The van der Waals surface area contributed by atoms with Gasteiger partial charge in [0.15, 0.2) is 0 Å². The van der Waals surface area contributed by atoms with Crippen LogP contribution in [0.4, 0.5) is 27.8 Å². The summed E-state index contributed by atoms with van der Waals surface area (Å²) >= 11 is 0. The Morgan fingerprint density at radius 3 is 2.47 bits per heavy atom. The fourth-order valence-electron chi connectivity index (χ4n) is 4.49. The Labute approximate surface area is 204 Å². The van der Waals surface area contributed by atoms with E-state index < -0.39 is 35.1 Å². The van der Waals surface area contributed by atoms with Crippen molar-refractivity contribution in [3.63, 3.8) is 0 Å². The molecule has 12 heteroatoms. The van der Waals surface area contributed by atoms with Crippen LogP contribution in [-0.2, 0) is 23.1 Å². The SMILES string of the molecule is Cc1cc(C(F)(F)F)cnc1N1CCC(O[C@H](C)[C@](O)(Cn2cncn2)c2ccc(F)cc2F)CC1. The number of hydrogen-bond acceptors (Lipinski definition) is 6. The van der Waals surface area contributed by atoms with Crippen LogP contribution in [0, 0.1) is 18.6 Å². The number of alkyl halides is 3. The summed E-state index contributed by atoms with van der Waals surface area (Å²) in [5.74, 6) is -1.20. The van der Waals surface area contributed by atoms with Gasteiger partial charge >= 0.3 is 6.18 Å². The van der Waals surface area contributed by atoms with E-state index in [1.165, 1.54) is 23.4 Å². The lowest BCUT2D eigenvalue weighted by atomic mass is 9.87. The van der Waals surface area contributed by atoms with Crippen LogP contribution in [0.1, 0.15) is 36.5 Å². The highest BCUT2D eigenvalue weighted by Crippen LogP contribution is 2.35. The number of rotatable bonds is 7. The molecule has 0 bridgehead atoms. The van der Waals surface area contributed by atoms with Gasteiger partial charge in [0.25, 0.3) is 0 Å². The fourth-order valence-corrected chi connectivity index (χ4v) is 4.49. The molecule has 1 fully saturated rings. The first-order valence-electron chi connectivity index (χ1n) is 11.4. The third-order valence-corrected chi connectivity index (χ3v) is 6.46. The van der Waals surface area contributed by atoms with Gasteiger partial charge in [-0.3, -0.25) is 0 Å². The third-order valence-electron chi connectivity index (χ3n) is 6.46. The second kappa shape index (κ2) is 10.1. The van der Waals surface area contributed by atoms with E-state index >= 15 is 0 Å². The number of ether oxygens (including phenoxy) is 1. The van der Waals surface area contributed by atoms with Gasteiger partial charge in [-0.1, -0.05) is 6.07 Å². The summed E-state index contributed by atoms with van der Waals surface area (Å²) in [4.78, 5) is 9.77. The Kier molecular flexibility index (Phi) is 7.28. The van der Waals surface area contributed by atoms with Crippen LogP contribution in [0.25, 0.3) is 0 Å². The van der Waals surface area contributed by atoms with Gasteiger partial charge < -0.3 is 14.7 Å². The van der Waals surface area contributed by atoms with Crippen LogP contribution in [0.3, 0.4) is 0 Å². The first-order chi connectivity index (χ1) is 17.0. The number of benzene rings is 1. The summed E-state index contributed by atoms with van der Waals surface area (Å²) in [7, 11) is 0. The van der Waals surface area contributed by atoms with Gasteiger partial charge in [-0.05, 0) is 44.4 Å². The highest BCUT2D eigenvalue weighted by atomic mass is 19.4. The average Bonchev–Trinajstić information content (AvgIpc) is 3.31. The van der Waals surface area contributed by atoms with Gasteiger partial charge in [0.2, 0.25) is 0 Å². The van der Waals surface area contributed by atoms with Gasteiger partial charge in [0.1, 0.15) is 35.7 Å². The van der Waals surface area contributed by atoms with Crippen molar-refractivity contribution in [3.05, 3.63) is 71.4 Å². The summed E-state index contributed by atoms with van der Waals surface area (Å²) in [6.07, 6.45) is -1.18. The lowest BCUT2D eigenvalue weighted by Gasteiger charge is -2.39. The van der Waals surface area contributed by atoms with Gasteiger partial charge in [0.05, 0.1) is 24.3 Å². The Hall–Kier alpha value is -3.12. The number of aliphatic hydroxyl groups is 1. The van der Waals surface area contributed by atoms with E-state index in [0.717, 1.165) is 18.3 Å². The molecule has 4 rings (SSSR count). The minimum atomic E-state index is -4.46. The monoisotopic (exact) mass is 511 g/mol. The molecule has 194 valence electrons. The molecule has 0 saturated carbocycles. The predicted octanol–water partition coefficient (Wildman–Crippen LogP) is 4.24. The maximum absolute atomic E-state index is 14.7. The molecule has 0 radical (unpaired) electrons. The molecular formula is C24H26F5N5O2. The summed E-state index contributed by atoms with van der Waals surface area (Å²) in [5.41, 5.74) is -2.38. The average molecular weight is 511 g/mol. The third kappa shape index (κ3) is 5.49. The molecule has 3 heterocycles. The maximum Gasteiger partial charge on any atom is 0.417 e. The Balaban J connectivity index is 1.46. The van der Waals surface area contributed by atoms with E-state index in [2.05, 4.69) is 15.1 Å². The summed E-state index contributed by atoms with van der Waals surface area (Å²) in [5, 5.41) is 15.6. The topological polar surface area (TPSA) is 76.3 Å². The Morgan fingerprint density at radius 1 is 1.17 bits per heavy atom. The van der Waals surface area contributed by atoms with Crippen molar-refractivity contribution in [1.82, 2.24) is 19.7 Å². The normalized spacial score (nSPS) is 17.7. The molecule has 0 unspecified atom stereocenters. The van der Waals surface area contributed by atoms with Crippen LogP contribution >= 0.6 is 0 Å². The number of hydrogen-bond donors (Lipinski definition) is 1. The van der Waals surface area contributed by atoms with Crippen molar-refractivity contribution in [2.24, 2.45) is 0 Å². The van der Waals surface area contributed by atoms with Crippen molar-refractivity contribution in [3.8, 4) is 0 Å². The number of aryl methyl sites for hydroxylation is 1. The molecule has 7 nitrogen and oxygen atoms in total. The van der Waals surface area contributed by atoms with E-state index in [0.29, 0.717) is 43.4 Å². The van der Waals surface area contributed by atoms with Crippen molar-refractivity contribution >= 4 is 5.82 Å². The van der Waals surface area contributed by atoms with Gasteiger partial charge in [-0.25, -0.2) is 23.4 Å². The molecule has 2 aromatic heterocycles. The van der Waals surface area contributed by atoms with Crippen LogP contribution < -0.4 is 4.90 Å². The van der Waals surface area contributed by atoms with E-state index in [1.54, 1.807) is 13.8 Å². The van der Waals surface area contributed by atoms with E-state index in [4.69, 9.17) is 4.74 Å². The van der Waals surface area contributed by atoms with Crippen molar-refractivity contribution in [2.45, 2.75) is 57.2 Å². The fraction of sp³-hybridized carbons (Fsp3) is 0.458. The number of piperidine rings is 1. The quantitative estimate of drug-likeness (QED) is 0.479. The van der Waals surface area contributed by atoms with Crippen molar-refractivity contribution in [1.29, 1.82) is 0 Å². The van der Waals surface area contributed by atoms with Crippen molar-refractivity contribution in [2.75, 3.05) is 18.0 Å². The molecule has 2 atom stereocenters. The largest absolute Gasteiger partial charge is 0.417 e. The number of nitrogens with zero attached hydrogens (tertiary/aromatic N) is 5. The lowest BCUT2D eigenvalue weighted by molar-refractivity contribution is -0.145. The van der Waals surface area contributed by atoms with E-state index in [9.17, 15) is 27.1 Å². The summed E-state index contributed by atoms with van der Waals surface area (Å²) in [6.45, 7) is 3.97. The zero-order valence-electron chi connectivity index (χ0n) is 19.7. The minimum absolute atomic E-state index is 0.131. The Morgan fingerprint density at radius 2 is 1.89 bits per heavy atom. The van der Waals surface area contributed by atoms with Crippen LogP contribution in [0.5, 0.6) is 0 Å². The minimum Gasteiger partial charge on any atom is -0.380 e. The van der Waals surface area contributed by atoms with Crippen LogP contribution in [-0.4, -0.2) is 50.2 Å². The summed E-state index contributed by atoms with van der Waals surface area (Å²) in [6, 6.07) is 4.03. The second-order valence-electron chi connectivity index (χ2n) is 8.97. The smallest absolute Gasteiger partial charge is 0.380 e. The zero-order chi connectivity index (χ0) is 26.1. The van der Waals surface area contributed by atoms with Crippen LogP contribution in [0.15, 0.2) is 43.1 Å². The molecule has 1 aliphatic rings. The first-order valence-corrected chi connectivity index (χ1v) is 11.4. The molecule has 1 aromatic carbocycles. The zero-order valence-corrected chi connectivity index (χ0v) is 19.7. The van der Waals surface area contributed by atoms with Gasteiger partial charge in [-0.2, -0.15) is 18.3 Å². The molecule has 1 N–H and O–H groups in total. The first kappa shape index (κ1) is 26.0. The lowest BCUT2D eigenvalue weighted by Crippen LogP contribution is -2.47. The van der Waals surface area contributed by atoms with Crippen molar-refractivity contribution < 1.29 is 31.8 Å². The highest BCUT2D eigenvalue weighted by molar-refractivity contribution is 5.48. The van der Waals surface area contributed by atoms with Crippen LogP contribution in [0.2, 0.25) is 0 Å². The predicted molar refractivity (Wildman–Crippen MR) is 120 cm³/mol. The molecule has 0 amide bonds. The van der Waals surface area contributed by atoms with Gasteiger partial charge in [0, 0.05) is 30.9 Å². The van der Waals surface area contributed by atoms with Gasteiger partial charge in [-0.15, -0.1) is 0 Å². The number of halogens is 5. The summed E-state index contributed by atoms with van der Waals surface area (Å²) < 4.78 is 74.6. The number of aromatic nitrogens is 4. The Bertz CT molecular complexity index is 1180. The standard InChI is InChI=1S/C24H26F5N5O2/c1-15-9-17(24(27,28)29)11-31-22(15)33-7-5-19(6-8-33)36-16(2)23(35,12-34-14-30-13-32-34)20-4-3-18(25)10-21(20)26/h3-4,9-11,13-14,16,19,35H,5-8,12H2,1-2H3/t16-,23-/m1/s1. The highest BCUT2D eigenvalue weighted by Gasteiger charge is 2.41. The number of anilines is 1. The van der Waals surface area contributed by atoms with E-state index in [1.807, 2.05) is 4.90 Å². The molecule has 36 heavy (non-hydrogen) atoms. The molecular weight excluding hydrogens is 485 g/mol. The molecule has 0 spiro atoms. The second-order valence-corrected chi connectivity index (χ2v) is 8.97. The molecule has 0 aliphatic carbocycles. The van der Waals surface area contributed by atoms with E-state index in [-0.39, 0.29) is 18.2 Å². The number of pyridine rings is 1. The molecule has 1 aliphatic heterocycles.